The number of aliphatic hydroxyl groups excluding tert-OH is 2. The number of amides is 1. The van der Waals surface area contributed by atoms with Gasteiger partial charge in [0.15, 0.2) is 0 Å². The minimum absolute atomic E-state index is 0.138. The van der Waals surface area contributed by atoms with E-state index in [0.717, 1.165) is 48.9 Å². The zero-order valence-corrected chi connectivity index (χ0v) is 22.5. The summed E-state index contributed by atoms with van der Waals surface area (Å²) in [6.45, 7) is 5.16. The summed E-state index contributed by atoms with van der Waals surface area (Å²) in [5.41, 5.74) is 5.06. The number of benzene rings is 2. The molecule has 204 valence electrons. The number of ether oxygens (including phenoxy) is 2. The van der Waals surface area contributed by atoms with Gasteiger partial charge in [-0.1, -0.05) is 38.5 Å². The van der Waals surface area contributed by atoms with Gasteiger partial charge >= 0.3 is 6.09 Å². The highest BCUT2D eigenvalue weighted by atomic mass is 16.6. The quantitative estimate of drug-likeness (QED) is 0.316. The standard InChI is InChI=1S/C31H40N2O5/c1-3-5-21-8-13-27-26(16-21)25-14-15-33(30(36)37-17-22-6-7-22)29(28(25)32-27)23-9-11-24(12-10-23)38-20-31(4-2,18-34)19-35/h8-13,16,22,29,32,34-35H,3-7,14-15,17-20H2,1-2H3/t29-/m0/s1. The Bertz CT molecular complexity index is 1230. The van der Waals surface area contributed by atoms with Crippen LogP contribution in [0.15, 0.2) is 42.5 Å². The topological polar surface area (TPSA) is 95.0 Å². The fourth-order valence-corrected chi connectivity index (χ4v) is 5.33. The van der Waals surface area contributed by atoms with Gasteiger partial charge in [0.05, 0.1) is 31.8 Å². The molecule has 0 bridgehead atoms. The van der Waals surface area contributed by atoms with E-state index in [0.29, 0.717) is 31.2 Å². The van der Waals surface area contributed by atoms with Crippen molar-refractivity contribution < 1.29 is 24.5 Å². The van der Waals surface area contributed by atoms with Gasteiger partial charge in [-0.15, -0.1) is 0 Å². The maximum absolute atomic E-state index is 13.3. The molecule has 1 aliphatic carbocycles. The zero-order valence-electron chi connectivity index (χ0n) is 22.5. The van der Waals surface area contributed by atoms with E-state index >= 15 is 0 Å². The van der Waals surface area contributed by atoms with Crippen LogP contribution < -0.4 is 4.74 Å². The molecule has 1 aliphatic heterocycles. The Labute approximate surface area is 224 Å². The second-order valence-corrected chi connectivity index (χ2v) is 11.0. The lowest BCUT2D eigenvalue weighted by molar-refractivity contribution is 0.0114. The van der Waals surface area contributed by atoms with Crippen molar-refractivity contribution in [1.82, 2.24) is 9.88 Å². The predicted octanol–water partition coefficient (Wildman–Crippen LogP) is 5.37. The molecule has 0 saturated heterocycles. The molecule has 2 aliphatic rings. The molecule has 1 fully saturated rings. The first-order valence-corrected chi connectivity index (χ1v) is 14.0. The Morgan fingerprint density at radius 1 is 1.11 bits per heavy atom. The van der Waals surface area contributed by atoms with Gasteiger partial charge in [-0.3, -0.25) is 4.90 Å². The molecule has 0 radical (unpaired) electrons. The fourth-order valence-electron chi connectivity index (χ4n) is 5.33. The Morgan fingerprint density at radius 2 is 1.87 bits per heavy atom. The summed E-state index contributed by atoms with van der Waals surface area (Å²) in [5.74, 6) is 1.17. The van der Waals surface area contributed by atoms with E-state index < -0.39 is 5.41 Å². The Balaban J connectivity index is 1.45. The summed E-state index contributed by atoms with van der Waals surface area (Å²) >= 11 is 0. The molecule has 1 saturated carbocycles. The summed E-state index contributed by atoms with van der Waals surface area (Å²) < 4.78 is 11.7. The maximum atomic E-state index is 13.3. The summed E-state index contributed by atoms with van der Waals surface area (Å²) in [6, 6.07) is 14.1. The third kappa shape index (κ3) is 5.40. The van der Waals surface area contributed by atoms with Crippen LogP contribution in [0.4, 0.5) is 4.79 Å². The summed E-state index contributed by atoms with van der Waals surface area (Å²) in [5, 5.41) is 20.7. The van der Waals surface area contributed by atoms with E-state index in [-0.39, 0.29) is 32.0 Å². The van der Waals surface area contributed by atoms with Crippen molar-refractivity contribution in [2.75, 3.05) is 33.0 Å². The number of hydrogen-bond acceptors (Lipinski definition) is 5. The van der Waals surface area contributed by atoms with Crippen LogP contribution in [-0.2, 0) is 17.6 Å². The van der Waals surface area contributed by atoms with Gasteiger partial charge in [0.25, 0.3) is 0 Å². The number of rotatable bonds is 11. The van der Waals surface area contributed by atoms with Crippen LogP contribution in [0.3, 0.4) is 0 Å². The Hall–Kier alpha value is -3.03. The Kier molecular flexibility index (Phi) is 7.96. The number of carbonyl (C=O) groups is 1. The number of H-pyrrole nitrogens is 1. The van der Waals surface area contributed by atoms with Crippen LogP contribution in [0, 0.1) is 11.3 Å². The number of hydrogen-bond donors (Lipinski definition) is 3. The van der Waals surface area contributed by atoms with Crippen molar-refractivity contribution in [2.24, 2.45) is 11.3 Å². The number of aliphatic hydroxyl groups is 2. The zero-order chi connectivity index (χ0) is 26.7. The fraction of sp³-hybridized carbons (Fsp3) is 0.516. The lowest BCUT2D eigenvalue weighted by atomic mass is 9.88. The third-order valence-electron chi connectivity index (χ3n) is 8.27. The number of fused-ring (bicyclic) bond motifs is 3. The van der Waals surface area contributed by atoms with Gasteiger partial charge in [-0.2, -0.15) is 0 Å². The van der Waals surface area contributed by atoms with Gasteiger partial charge in [-0.25, -0.2) is 4.79 Å². The molecule has 3 N–H and O–H groups in total. The molecule has 0 unspecified atom stereocenters. The Morgan fingerprint density at radius 3 is 2.53 bits per heavy atom. The first-order valence-electron chi connectivity index (χ1n) is 14.0. The van der Waals surface area contributed by atoms with E-state index in [2.05, 4.69) is 30.1 Å². The van der Waals surface area contributed by atoms with Gasteiger partial charge in [0.2, 0.25) is 0 Å². The molecule has 7 heteroatoms. The normalized spacial score (nSPS) is 17.5. The van der Waals surface area contributed by atoms with Crippen LogP contribution in [0.25, 0.3) is 10.9 Å². The third-order valence-corrected chi connectivity index (χ3v) is 8.27. The second-order valence-electron chi connectivity index (χ2n) is 11.0. The molecule has 1 amide bonds. The van der Waals surface area contributed by atoms with Crippen LogP contribution in [0.2, 0.25) is 0 Å². The van der Waals surface area contributed by atoms with Crippen LogP contribution in [0.1, 0.15) is 68.0 Å². The molecule has 2 aromatic carbocycles. The summed E-state index contributed by atoms with van der Waals surface area (Å²) in [4.78, 5) is 18.8. The lowest BCUT2D eigenvalue weighted by Crippen LogP contribution is -2.41. The van der Waals surface area contributed by atoms with Crippen molar-refractivity contribution in [3.8, 4) is 5.75 Å². The van der Waals surface area contributed by atoms with Crippen molar-refractivity contribution in [1.29, 1.82) is 0 Å². The van der Waals surface area contributed by atoms with Crippen LogP contribution in [0.5, 0.6) is 5.75 Å². The number of aryl methyl sites for hydroxylation is 1. The highest BCUT2D eigenvalue weighted by molar-refractivity contribution is 5.86. The van der Waals surface area contributed by atoms with Crippen molar-refractivity contribution >= 4 is 17.0 Å². The molecule has 1 aromatic heterocycles. The number of aromatic amines is 1. The monoisotopic (exact) mass is 520 g/mol. The van der Waals surface area contributed by atoms with Gasteiger partial charge in [-0.05, 0) is 79.0 Å². The maximum Gasteiger partial charge on any atom is 0.410 e. The molecule has 1 atom stereocenters. The van der Waals surface area contributed by atoms with Crippen LogP contribution in [-0.4, -0.2) is 59.2 Å². The number of nitrogens with zero attached hydrogens (tertiary/aromatic N) is 1. The van der Waals surface area contributed by atoms with E-state index in [9.17, 15) is 15.0 Å². The molecule has 5 rings (SSSR count). The van der Waals surface area contributed by atoms with Gasteiger partial charge in [0.1, 0.15) is 11.8 Å². The van der Waals surface area contributed by atoms with Crippen molar-refractivity contribution in [3.63, 3.8) is 0 Å². The van der Waals surface area contributed by atoms with E-state index in [1.807, 2.05) is 36.1 Å². The molecule has 7 nitrogen and oxygen atoms in total. The SMILES string of the molecule is CCCc1ccc2[nH]c3c(c2c1)CCN(C(=O)OCC1CC1)[C@H]3c1ccc(OCC(CC)(CO)CO)cc1. The number of aromatic nitrogens is 1. The highest BCUT2D eigenvalue weighted by Gasteiger charge is 2.36. The molecule has 2 heterocycles. The molecule has 38 heavy (non-hydrogen) atoms. The number of nitrogens with one attached hydrogen (secondary N) is 1. The minimum Gasteiger partial charge on any atom is -0.493 e. The van der Waals surface area contributed by atoms with E-state index in [4.69, 9.17) is 9.47 Å². The smallest absolute Gasteiger partial charge is 0.410 e. The second kappa shape index (κ2) is 11.4. The minimum atomic E-state index is -0.667. The van der Waals surface area contributed by atoms with E-state index in [1.165, 1.54) is 16.5 Å². The molecule has 0 spiro atoms. The van der Waals surface area contributed by atoms with Crippen LogP contribution >= 0.6 is 0 Å². The largest absolute Gasteiger partial charge is 0.493 e. The average molecular weight is 521 g/mol. The van der Waals surface area contributed by atoms with Gasteiger partial charge < -0.3 is 24.7 Å². The summed E-state index contributed by atoms with van der Waals surface area (Å²) in [7, 11) is 0. The van der Waals surface area contributed by atoms with Crippen molar-refractivity contribution in [2.45, 2.75) is 58.4 Å². The molecular formula is C31H40N2O5. The van der Waals surface area contributed by atoms with Crippen molar-refractivity contribution in [3.05, 3.63) is 64.8 Å². The van der Waals surface area contributed by atoms with E-state index in [1.54, 1.807) is 0 Å². The number of carbonyl (C=O) groups excluding carboxylic acids is 1. The molecule has 3 aromatic rings. The first-order chi connectivity index (χ1) is 18.5. The average Bonchev–Trinajstić information content (AvgIpc) is 3.72. The lowest BCUT2D eigenvalue weighted by Gasteiger charge is -2.35. The molecular weight excluding hydrogens is 480 g/mol. The first kappa shape index (κ1) is 26.6. The highest BCUT2D eigenvalue weighted by Crippen LogP contribution is 2.40. The van der Waals surface area contributed by atoms with Gasteiger partial charge in [0, 0.05) is 23.1 Å². The predicted molar refractivity (Wildman–Crippen MR) is 147 cm³/mol. The summed E-state index contributed by atoms with van der Waals surface area (Å²) in [6.07, 6.45) is 5.55.